The molecule has 1 aromatic carbocycles. The van der Waals surface area contributed by atoms with E-state index in [4.69, 9.17) is 7.85 Å². The molecule has 0 atom stereocenters. The lowest BCUT2D eigenvalue weighted by Crippen LogP contribution is -2.18. The van der Waals surface area contributed by atoms with Gasteiger partial charge in [-0.2, -0.15) is 0 Å². The molecule has 0 aliphatic rings. The van der Waals surface area contributed by atoms with E-state index >= 15 is 0 Å². The highest BCUT2D eigenvalue weighted by Crippen LogP contribution is 2.20. The highest BCUT2D eigenvalue weighted by Gasteiger charge is 2.30. The van der Waals surface area contributed by atoms with E-state index < -0.39 is 6.36 Å². The first kappa shape index (κ1) is 8.97. The van der Waals surface area contributed by atoms with Crippen LogP contribution in [-0.4, -0.2) is 14.2 Å². The predicted octanol–water partition coefficient (Wildman–Crippen LogP) is 1.38. The Kier molecular flexibility index (Phi) is 2.31. The zero-order valence-corrected chi connectivity index (χ0v) is 5.93. The molecule has 0 spiro atoms. The fraction of sp³-hybridized carbons (Fsp3) is 0.143. The lowest BCUT2D eigenvalue weighted by atomic mass is 9.96. The Labute approximate surface area is 68.6 Å². The van der Waals surface area contributed by atoms with Crippen molar-refractivity contribution in [2.24, 2.45) is 0 Å². The number of ether oxygens (including phenoxy) is 1. The van der Waals surface area contributed by atoms with Gasteiger partial charge in [-0.15, -0.1) is 13.2 Å². The largest absolute Gasteiger partial charge is 0.573 e. The molecular weight excluding hydrogens is 168 g/mol. The second-order valence-corrected chi connectivity index (χ2v) is 2.12. The summed E-state index contributed by atoms with van der Waals surface area (Å²) in [5, 5.41) is 0. The Bertz CT molecular complexity index is 272. The predicted molar refractivity (Wildman–Crippen MR) is 38.5 cm³/mol. The zero-order valence-electron chi connectivity index (χ0n) is 5.93. The van der Waals surface area contributed by atoms with Crippen molar-refractivity contribution in [2.45, 2.75) is 6.36 Å². The third kappa shape index (κ3) is 2.86. The van der Waals surface area contributed by atoms with E-state index in [0.29, 0.717) is 0 Å². The van der Waals surface area contributed by atoms with Crippen molar-refractivity contribution in [1.29, 1.82) is 0 Å². The molecule has 12 heavy (non-hydrogen) atoms. The number of halogens is 3. The Morgan fingerprint density at radius 3 is 2.42 bits per heavy atom. The smallest absolute Gasteiger partial charge is 0.406 e. The third-order valence-corrected chi connectivity index (χ3v) is 1.09. The summed E-state index contributed by atoms with van der Waals surface area (Å²) in [4.78, 5) is 0. The summed E-state index contributed by atoms with van der Waals surface area (Å²) in [5.74, 6) is -0.303. The van der Waals surface area contributed by atoms with Crippen LogP contribution in [0, 0.1) is 0 Å². The highest BCUT2D eigenvalue weighted by molar-refractivity contribution is 6.32. The van der Waals surface area contributed by atoms with Crippen LogP contribution in [0.1, 0.15) is 0 Å². The summed E-state index contributed by atoms with van der Waals surface area (Å²) in [5.41, 5.74) is 0.233. The average molecular weight is 172 g/mol. The van der Waals surface area contributed by atoms with Gasteiger partial charge in [0, 0.05) is 0 Å². The van der Waals surface area contributed by atoms with Gasteiger partial charge in [0.15, 0.2) is 0 Å². The molecule has 0 fully saturated rings. The van der Waals surface area contributed by atoms with E-state index in [-0.39, 0.29) is 11.2 Å². The summed E-state index contributed by atoms with van der Waals surface area (Å²) in [6.45, 7) is 0. The van der Waals surface area contributed by atoms with Gasteiger partial charge in [-0.1, -0.05) is 17.6 Å². The van der Waals surface area contributed by atoms with Crippen LogP contribution in [0.4, 0.5) is 13.2 Å². The number of benzene rings is 1. The first-order valence-electron chi connectivity index (χ1n) is 3.09. The summed E-state index contributed by atoms with van der Waals surface area (Å²) in [7, 11) is 5.23. The summed E-state index contributed by atoms with van der Waals surface area (Å²) >= 11 is 0. The Morgan fingerprint density at radius 1 is 1.25 bits per heavy atom. The fourth-order valence-electron chi connectivity index (χ4n) is 0.712. The van der Waals surface area contributed by atoms with Crippen molar-refractivity contribution in [1.82, 2.24) is 0 Å². The van der Waals surface area contributed by atoms with E-state index in [9.17, 15) is 13.2 Å². The maximum Gasteiger partial charge on any atom is 0.573 e. The van der Waals surface area contributed by atoms with Crippen LogP contribution in [0.2, 0.25) is 0 Å². The molecule has 0 amide bonds. The zero-order chi connectivity index (χ0) is 9.19. The minimum atomic E-state index is -4.66. The van der Waals surface area contributed by atoms with Gasteiger partial charge in [0.25, 0.3) is 0 Å². The number of hydrogen-bond donors (Lipinski definition) is 0. The summed E-state index contributed by atoms with van der Waals surface area (Å²) in [6.07, 6.45) is -4.66. The molecule has 0 saturated heterocycles. The molecule has 0 aliphatic heterocycles. The van der Waals surface area contributed by atoms with E-state index in [0.717, 1.165) is 6.07 Å². The lowest BCUT2D eigenvalue weighted by Gasteiger charge is -2.08. The minimum absolute atomic E-state index is 0.233. The van der Waals surface area contributed by atoms with Crippen molar-refractivity contribution < 1.29 is 17.9 Å². The summed E-state index contributed by atoms with van der Waals surface area (Å²) in [6, 6.07) is 5.15. The van der Waals surface area contributed by atoms with E-state index in [1.165, 1.54) is 18.2 Å². The molecule has 0 bridgehead atoms. The van der Waals surface area contributed by atoms with E-state index in [1.54, 1.807) is 0 Å². The van der Waals surface area contributed by atoms with Gasteiger partial charge in [-0.25, -0.2) is 0 Å². The first-order chi connectivity index (χ1) is 5.47. The molecule has 0 unspecified atom stereocenters. The van der Waals surface area contributed by atoms with Crippen molar-refractivity contribution >= 4 is 13.3 Å². The molecule has 62 valence electrons. The standard InChI is InChI=1S/C7H4BF3O/c8-5-2-1-3-6(4-5)12-7(9,10)11/h1-4H. The second-order valence-electron chi connectivity index (χ2n) is 2.12. The van der Waals surface area contributed by atoms with Crippen LogP contribution < -0.4 is 10.2 Å². The molecular formula is C7H4BF3O. The fourth-order valence-corrected chi connectivity index (χ4v) is 0.712. The average Bonchev–Trinajstić information content (AvgIpc) is 1.82. The summed E-state index contributed by atoms with van der Waals surface area (Å²) < 4.78 is 38.4. The maximum absolute atomic E-state index is 11.6. The van der Waals surface area contributed by atoms with Crippen LogP contribution in [0.25, 0.3) is 0 Å². The molecule has 0 saturated carbocycles. The van der Waals surface area contributed by atoms with Crippen molar-refractivity contribution in [3.05, 3.63) is 24.3 Å². The van der Waals surface area contributed by atoms with Crippen molar-refractivity contribution in [3.63, 3.8) is 0 Å². The minimum Gasteiger partial charge on any atom is -0.406 e. The van der Waals surface area contributed by atoms with Crippen LogP contribution in [0.5, 0.6) is 5.75 Å². The SMILES string of the molecule is [B]c1cccc(OC(F)(F)F)c1. The molecule has 1 nitrogen and oxygen atoms in total. The number of rotatable bonds is 1. The van der Waals surface area contributed by atoms with Gasteiger partial charge >= 0.3 is 6.36 Å². The van der Waals surface area contributed by atoms with Gasteiger partial charge in [0.05, 0.1) is 0 Å². The maximum atomic E-state index is 11.6. The molecule has 0 aromatic heterocycles. The monoisotopic (exact) mass is 172 g/mol. The Balaban J connectivity index is 2.77. The van der Waals surface area contributed by atoms with Crippen LogP contribution in [-0.2, 0) is 0 Å². The van der Waals surface area contributed by atoms with Crippen molar-refractivity contribution in [2.75, 3.05) is 0 Å². The van der Waals surface area contributed by atoms with Gasteiger partial charge in [0.2, 0.25) is 0 Å². The molecule has 1 rings (SSSR count). The van der Waals surface area contributed by atoms with E-state index in [1.807, 2.05) is 0 Å². The van der Waals surface area contributed by atoms with E-state index in [2.05, 4.69) is 4.74 Å². The Morgan fingerprint density at radius 2 is 1.92 bits per heavy atom. The quantitative estimate of drug-likeness (QED) is 0.581. The Hall–Kier alpha value is -1.13. The molecule has 0 N–H and O–H groups in total. The first-order valence-corrected chi connectivity index (χ1v) is 3.09. The molecule has 2 radical (unpaired) electrons. The van der Waals surface area contributed by atoms with Crippen LogP contribution >= 0.6 is 0 Å². The van der Waals surface area contributed by atoms with Gasteiger partial charge < -0.3 is 4.74 Å². The number of hydrogen-bond acceptors (Lipinski definition) is 1. The molecule has 0 heterocycles. The third-order valence-electron chi connectivity index (χ3n) is 1.09. The van der Waals surface area contributed by atoms with Gasteiger partial charge in [-0.05, 0) is 12.1 Å². The van der Waals surface area contributed by atoms with Crippen LogP contribution in [0.15, 0.2) is 24.3 Å². The van der Waals surface area contributed by atoms with Crippen molar-refractivity contribution in [3.8, 4) is 5.75 Å². The van der Waals surface area contributed by atoms with Gasteiger partial charge in [0.1, 0.15) is 13.6 Å². The molecule has 5 heteroatoms. The highest BCUT2D eigenvalue weighted by atomic mass is 19.4. The number of alkyl halides is 3. The molecule has 1 aromatic rings. The molecule has 0 aliphatic carbocycles. The normalized spacial score (nSPS) is 11.2. The topological polar surface area (TPSA) is 9.23 Å². The van der Waals surface area contributed by atoms with Crippen LogP contribution in [0.3, 0.4) is 0 Å². The lowest BCUT2D eigenvalue weighted by molar-refractivity contribution is -0.274. The second kappa shape index (κ2) is 3.09. The van der Waals surface area contributed by atoms with Gasteiger partial charge in [-0.3, -0.25) is 0 Å².